The van der Waals surface area contributed by atoms with Crippen LogP contribution in [0, 0.1) is 5.92 Å². The smallest absolute Gasteiger partial charge is 0.270 e. The lowest BCUT2D eigenvalue weighted by Crippen LogP contribution is -2.31. The highest BCUT2D eigenvalue weighted by molar-refractivity contribution is 7.89. The van der Waals surface area contributed by atoms with Gasteiger partial charge in [0.2, 0.25) is 10.0 Å². The van der Waals surface area contributed by atoms with Gasteiger partial charge in [0.15, 0.2) is 0 Å². The van der Waals surface area contributed by atoms with Crippen molar-refractivity contribution in [2.45, 2.75) is 37.6 Å². The molecule has 1 aliphatic rings. The molecule has 0 aliphatic heterocycles. The molecule has 6 nitrogen and oxygen atoms in total. The normalized spacial score (nSPS) is 15.7. The molecule has 0 atom stereocenters. The Hall–Kier alpha value is -1.34. The van der Waals surface area contributed by atoms with Crippen LogP contribution >= 0.6 is 0 Å². The maximum atomic E-state index is 12.4. The molecule has 2 rings (SSSR count). The Kier molecular flexibility index (Phi) is 3.93. The van der Waals surface area contributed by atoms with Gasteiger partial charge in [-0.1, -0.05) is 13.8 Å². The molecule has 0 aromatic carbocycles. The molecule has 1 aliphatic carbocycles. The van der Waals surface area contributed by atoms with E-state index in [1.807, 2.05) is 13.8 Å². The summed E-state index contributed by atoms with van der Waals surface area (Å²) < 4.78 is 24.7. The summed E-state index contributed by atoms with van der Waals surface area (Å²) >= 11 is 0. The van der Waals surface area contributed by atoms with Crippen LogP contribution in [0.3, 0.4) is 0 Å². The van der Waals surface area contributed by atoms with Crippen LogP contribution in [-0.2, 0) is 10.0 Å². The maximum absolute atomic E-state index is 12.4. The van der Waals surface area contributed by atoms with Gasteiger partial charge >= 0.3 is 0 Å². The highest BCUT2D eigenvalue weighted by Gasteiger charge is 2.30. The molecule has 0 unspecified atom stereocenters. The molecule has 1 saturated carbocycles. The minimum atomic E-state index is -3.78. The number of hydrogen-bond donors (Lipinski definition) is 1. The first kappa shape index (κ1) is 15.1. The fourth-order valence-corrected chi connectivity index (χ4v) is 2.80. The van der Waals surface area contributed by atoms with E-state index in [2.05, 4.69) is 0 Å². The van der Waals surface area contributed by atoms with Gasteiger partial charge in [-0.25, -0.2) is 13.6 Å². The fraction of sp³-hybridized carbons (Fsp3) is 0.615. The summed E-state index contributed by atoms with van der Waals surface area (Å²) in [6, 6.07) is 1.60. The van der Waals surface area contributed by atoms with Crippen molar-refractivity contribution in [3.05, 3.63) is 18.0 Å². The fourth-order valence-electron chi connectivity index (χ4n) is 2.26. The average Bonchev–Trinajstić information content (AvgIpc) is 3.04. The Morgan fingerprint density at radius 3 is 2.55 bits per heavy atom. The van der Waals surface area contributed by atoms with E-state index in [4.69, 9.17) is 5.14 Å². The number of primary sulfonamides is 1. The first-order valence-corrected chi connectivity index (χ1v) is 8.25. The number of carbonyl (C=O) groups excluding carboxylic acids is 1. The summed E-state index contributed by atoms with van der Waals surface area (Å²) in [6.07, 6.45) is 3.41. The third-order valence-electron chi connectivity index (χ3n) is 3.30. The van der Waals surface area contributed by atoms with Gasteiger partial charge in [0.05, 0.1) is 0 Å². The SMILES string of the molecule is CC(C)CN(C)C(=O)c1cc(S(N)(=O)=O)cn1C1CC1. The molecule has 1 amide bonds. The lowest BCUT2D eigenvalue weighted by Gasteiger charge is -2.20. The van der Waals surface area contributed by atoms with Crippen molar-refractivity contribution in [1.82, 2.24) is 9.47 Å². The second-order valence-electron chi connectivity index (χ2n) is 5.82. The molecule has 0 bridgehead atoms. The standard InChI is InChI=1S/C13H21N3O3S/c1-9(2)7-15(3)13(17)12-6-11(20(14,18)19)8-16(12)10-4-5-10/h6,8-10H,4-5,7H2,1-3H3,(H2,14,18,19). The lowest BCUT2D eigenvalue weighted by molar-refractivity contribution is 0.0768. The van der Waals surface area contributed by atoms with Crippen LogP contribution in [-0.4, -0.2) is 37.4 Å². The van der Waals surface area contributed by atoms with Crippen molar-refractivity contribution in [3.63, 3.8) is 0 Å². The molecule has 2 N–H and O–H groups in total. The van der Waals surface area contributed by atoms with E-state index in [0.717, 1.165) is 12.8 Å². The van der Waals surface area contributed by atoms with Crippen LogP contribution in [0.1, 0.15) is 43.2 Å². The molecule has 0 saturated heterocycles. The predicted molar refractivity (Wildman–Crippen MR) is 75.9 cm³/mol. The van der Waals surface area contributed by atoms with Gasteiger partial charge in [0.25, 0.3) is 5.91 Å². The van der Waals surface area contributed by atoms with E-state index >= 15 is 0 Å². The molecule has 0 spiro atoms. The van der Waals surface area contributed by atoms with E-state index in [0.29, 0.717) is 18.2 Å². The van der Waals surface area contributed by atoms with Gasteiger partial charge in [-0.05, 0) is 24.8 Å². The minimum Gasteiger partial charge on any atom is -0.340 e. The number of nitrogens with two attached hydrogens (primary N) is 1. The first-order valence-electron chi connectivity index (χ1n) is 6.70. The summed E-state index contributed by atoms with van der Waals surface area (Å²) in [7, 11) is -2.06. The van der Waals surface area contributed by atoms with Gasteiger partial charge in [-0.3, -0.25) is 4.79 Å². The van der Waals surface area contributed by atoms with Crippen LogP contribution in [0.2, 0.25) is 0 Å². The van der Waals surface area contributed by atoms with Crippen LogP contribution < -0.4 is 5.14 Å². The summed E-state index contributed by atoms with van der Waals surface area (Å²) in [4.78, 5) is 14.1. The van der Waals surface area contributed by atoms with E-state index in [1.165, 1.54) is 12.3 Å². The molecule has 1 fully saturated rings. The Labute approximate surface area is 119 Å². The van der Waals surface area contributed by atoms with Crippen LogP contribution in [0.4, 0.5) is 0 Å². The monoisotopic (exact) mass is 299 g/mol. The summed E-state index contributed by atoms with van der Waals surface area (Å²) in [6.45, 7) is 4.68. The van der Waals surface area contributed by atoms with Gasteiger partial charge in [-0.15, -0.1) is 0 Å². The van der Waals surface area contributed by atoms with E-state index in [-0.39, 0.29) is 16.8 Å². The van der Waals surface area contributed by atoms with Crippen LogP contribution in [0.5, 0.6) is 0 Å². The highest BCUT2D eigenvalue weighted by Crippen LogP contribution is 2.37. The predicted octanol–water partition coefficient (Wildman–Crippen LogP) is 1.20. The molecule has 20 heavy (non-hydrogen) atoms. The molecule has 1 aromatic heterocycles. The van der Waals surface area contributed by atoms with Crippen molar-refractivity contribution >= 4 is 15.9 Å². The van der Waals surface area contributed by atoms with Crippen LogP contribution in [0.15, 0.2) is 17.2 Å². The van der Waals surface area contributed by atoms with Crippen molar-refractivity contribution < 1.29 is 13.2 Å². The Morgan fingerprint density at radius 2 is 2.10 bits per heavy atom. The molecule has 1 aromatic rings. The number of sulfonamides is 1. The number of rotatable bonds is 5. The van der Waals surface area contributed by atoms with Gasteiger partial charge in [0, 0.05) is 25.8 Å². The third kappa shape index (κ3) is 3.21. The molecular formula is C13H21N3O3S. The second-order valence-corrected chi connectivity index (χ2v) is 7.39. The Morgan fingerprint density at radius 1 is 1.50 bits per heavy atom. The molecule has 0 radical (unpaired) electrons. The lowest BCUT2D eigenvalue weighted by atomic mass is 10.2. The van der Waals surface area contributed by atoms with Crippen molar-refractivity contribution in [2.75, 3.05) is 13.6 Å². The van der Waals surface area contributed by atoms with Gasteiger partial charge in [-0.2, -0.15) is 0 Å². The number of aromatic nitrogens is 1. The zero-order valence-corrected chi connectivity index (χ0v) is 12.9. The minimum absolute atomic E-state index is 0.00527. The summed E-state index contributed by atoms with van der Waals surface area (Å²) in [5, 5.41) is 5.15. The molecule has 7 heteroatoms. The van der Waals surface area contributed by atoms with Gasteiger partial charge in [0.1, 0.15) is 10.6 Å². The van der Waals surface area contributed by atoms with Crippen molar-refractivity contribution in [1.29, 1.82) is 0 Å². The average molecular weight is 299 g/mol. The van der Waals surface area contributed by atoms with Crippen molar-refractivity contribution in [3.8, 4) is 0 Å². The largest absolute Gasteiger partial charge is 0.340 e. The van der Waals surface area contributed by atoms with Crippen molar-refractivity contribution in [2.24, 2.45) is 11.1 Å². The van der Waals surface area contributed by atoms with Crippen LogP contribution in [0.25, 0.3) is 0 Å². The topological polar surface area (TPSA) is 85.4 Å². The van der Waals surface area contributed by atoms with E-state index < -0.39 is 10.0 Å². The van der Waals surface area contributed by atoms with E-state index in [1.54, 1.807) is 16.5 Å². The third-order valence-corrected chi connectivity index (χ3v) is 4.18. The summed E-state index contributed by atoms with van der Waals surface area (Å²) in [5.41, 5.74) is 0.402. The number of hydrogen-bond acceptors (Lipinski definition) is 3. The maximum Gasteiger partial charge on any atom is 0.270 e. The molecular weight excluding hydrogens is 278 g/mol. The zero-order valence-electron chi connectivity index (χ0n) is 12.0. The first-order chi connectivity index (χ1) is 9.20. The zero-order chi connectivity index (χ0) is 15.1. The number of nitrogens with zero attached hydrogens (tertiary/aromatic N) is 2. The number of carbonyl (C=O) groups is 1. The van der Waals surface area contributed by atoms with Gasteiger partial charge < -0.3 is 9.47 Å². The Balaban J connectivity index is 2.35. The highest BCUT2D eigenvalue weighted by atomic mass is 32.2. The molecule has 112 valence electrons. The van der Waals surface area contributed by atoms with E-state index in [9.17, 15) is 13.2 Å². The quantitative estimate of drug-likeness (QED) is 0.886. The molecule has 1 heterocycles. The Bertz CT molecular complexity index is 615. The number of amides is 1. The second kappa shape index (κ2) is 5.21. The summed E-state index contributed by atoms with van der Waals surface area (Å²) in [5.74, 6) is 0.187.